The van der Waals surface area contributed by atoms with E-state index in [-0.39, 0.29) is 0 Å². The largest absolute Gasteiger partial charge is 0.508 e. The molecule has 1 atom stereocenters. The van der Waals surface area contributed by atoms with Gasteiger partial charge in [0.1, 0.15) is 6.61 Å². The highest BCUT2D eigenvalue weighted by Crippen LogP contribution is 2.22. The maximum Gasteiger partial charge on any atom is 0.508 e. The van der Waals surface area contributed by atoms with Gasteiger partial charge in [0, 0.05) is 0 Å². The lowest BCUT2D eigenvalue weighted by Crippen LogP contribution is -1.85. The van der Waals surface area contributed by atoms with Gasteiger partial charge in [-0.2, -0.15) is 0 Å². The summed E-state index contributed by atoms with van der Waals surface area (Å²) in [5, 5.41) is 0. The average molecular weight is 183 g/mol. The van der Waals surface area contributed by atoms with Gasteiger partial charge < -0.3 is 0 Å². The summed E-state index contributed by atoms with van der Waals surface area (Å²) in [7, 11) is -1.45. The molecule has 1 unspecified atom stereocenters. The standard InChI is InChI=1S/C9H12O2P/c1-2-12(10)11-8-9-6-4-3-5-7-9/h3-7H,2,8H2,1H3/q+1. The molecule has 3 heteroatoms. The highest BCUT2D eigenvalue weighted by Gasteiger charge is 2.12. The smallest absolute Gasteiger partial charge is 0.141 e. The van der Waals surface area contributed by atoms with Crippen LogP contribution in [-0.2, 0) is 15.7 Å². The summed E-state index contributed by atoms with van der Waals surface area (Å²) in [6.45, 7) is 2.30. The van der Waals surface area contributed by atoms with Crippen molar-refractivity contribution in [3.63, 3.8) is 0 Å². The van der Waals surface area contributed by atoms with Crippen molar-refractivity contribution in [2.75, 3.05) is 6.16 Å². The number of hydrogen-bond donors (Lipinski definition) is 0. The van der Waals surface area contributed by atoms with Crippen LogP contribution in [0, 0.1) is 0 Å². The SMILES string of the molecule is CC[P+](=O)OCc1ccccc1. The van der Waals surface area contributed by atoms with E-state index in [1.54, 1.807) is 0 Å². The lowest BCUT2D eigenvalue weighted by atomic mass is 10.2. The van der Waals surface area contributed by atoms with E-state index in [0.29, 0.717) is 12.8 Å². The predicted molar refractivity (Wildman–Crippen MR) is 49.4 cm³/mol. The van der Waals surface area contributed by atoms with E-state index in [1.807, 2.05) is 37.3 Å². The van der Waals surface area contributed by atoms with Crippen LogP contribution < -0.4 is 0 Å². The summed E-state index contributed by atoms with van der Waals surface area (Å²) < 4.78 is 16.0. The van der Waals surface area contributed by atoms with Gasteiger partial charge in [-0.3, -0.25) is 0 Å². The summed E-state index contributed by atoms with van der Waals surface area (Å²) in [4.78, 5) is 0. The van der Waals surface area contributed by atoms with Gasteiger partial charge in [0.05, 0.1) is 0 Å². The fraction of sp³-hybridized carbons (Fsp3) is 0.333. The summed E-state index contributed by atoms with van der Waals surface area (Å²) >= 11 is 0. The van der Waals surface area contributed by atoms with Gasteiger partial charge in [-0.05, 0) is 17.1 Å². The Morgan fingerprint density at radius 1 is 1.33 bits per heavy atom. The first kappa shape index (κ1) is 9.37. The number of hydrogen-bond acceptors (Lipinski definition) is 2. The molecule has 0 aliphatic heterocycles. The molecule has 2 nitrogen and oxygen atoms in total. The molecule has 0 N–H and O–H groups in total. The summed E-state index contributed by atoms with van der Waals surface area (Å²) in [5.74, 6) is 0. The third kappa shape index (κ3) is 3.12. The van der Waals surface area contributed by atoms with Crippen LogP contribution in [-0.4, -0.2) is 6.16 Å². The quantitative estimate of drug-likeness (QED) is 0.671. The van der Waals surface area contributed by atoms with Crippen molar-refractivity contribution in [3.8, 4) is 0 Å². The van der Waals surface area contributed by atoms with E-state index in [1.165, 1.54) is 0 Å². The van der Waals surface area contributed by atoms with Crippen LogP contribution in [0.25, 0.3) is 0 Å². The van der Waals surface area contributed by atoms with Crippen molar-refractivity contribution in [2.24, 2.45) is 0 Å². The number of rotatable bonds is 4. The van der Waals surface area contributed by atoms with Crippen LogP contribution in [0.5, 0.6) is 0 Å². The summed E-state index contributed by atoms with van der Waals surface area (Å²) in [6.07, 6.45) is 0.585. The van der Waals surface area contributed by atoms with Gasteiger partial charge in [-0.15, -0.1) is 4.52 Å². The molecule has 1 aromatic carbocycles. The third-order valence-electron chi connectivity index (χ3n) is 1.48. The fourth-order valence-electron chi connectivity index (χ4n) is 0.812. The summed E-state index contributed by atoms with van der Waals surface area (Å²) in [5.41, 5.74) is 1.06. The Balaban J connectivity index is 2.38. The second-order valence-corrected chi connectivity index (χ2v) is 3.96. The first-order valence-corrected chi connectivity index (χ1v) is 5.30. The highest BCUT2D eigenvalue weighted by molar-refractivity contribution is 7.39. The molecule has 0 bridgehead atoms. The van der Waals surface area contributed by atoms with Crippen molar-refractivity contribution < 1.29 is 9.09 Å². The van der Waals surface area contributed by atoms with Crippen LogP contribution >= 0.6 is 8.03 Å². The van der Waals surface area contributed by atoms with Crippen LogP contribution in [0.1, 0.15) is 12.5 Å². The van der Waals surface area contributed by atoms with Crippen molar-refractivity contribution >= 4 is 8.03 Å². The monoisotopic (exact) mass is 183 g/mol. The Morgan fingerprint density at radius 3 is 2.58 bits per heavy atom. The molecule has 64 valence electrons. The first-order valence-electron chi connectivity index (χ1n) is 3.94. The van der Waals surface area contributed by atoms with Gasteiger partial charge in [-0.1, -0.05) is 30.3 Å². The molecule has 12 heavy (non-hydrogen) atoms. The molecule has 1 aromatic rings. The van der Waals surface area contributed by atoms with E-state index in [9.17, 15) is 4.57 Å². The molecule has 1 rings (SSSR count). The minimum Gasteiger partial charge on any atom is -0.141 e. The molecule has 0 radical (unpaired) electrons. The normalized spacial score (nSPS) is 11.2. The molecule has 0 saturated heterocycles. The van der Waals surface area contributed by atoms with Gasteiger partial charge in [0.15, 0.2) is 6.16 Å². The van der Waals surface area contributed by atoms with E-state index in [0.717, 1.165) is 5.56 Å². The van der Waals surface area contributed by atoms with E-state index >= 15 is 0 Å². The zero-order valence-corrected chi connectivity index (χ0v) is 7.96. The lowest BCUT2D eigenvalue weighted by molar-refractivity contribution is 0.319. The molecule has 0 aliphatic carbocycles. The molecular formula is C9H12O2P+. The van der Waals surface area contributed by atoms with Crippen LogP contribution in [0.3, 0.4) is 0 Å². The zero-order chi connectivity index (χ0) is 8.81. The maximum atomic E-state index is 10.9. The van der Waals surface area contributed by atoms with E-state index in [2.05, 4.69) is 0 Å². The van der Waals surface area contributed by atoms with Gasteiger partial charge >= 0.3 is 8.03 Å². The Labute approximate surface area is 73.4 Å². The lowest BCUT2D eigenvalue weighted by Gasteiger charge is -1.92. The van der Waals surface area contributed by atoms with Gasteiger partial charge in [0.2, 0.25) is 0 Å². The van der Waals surface area contributed by atoms with Gasteiger partial charge in [-0.25, -0.2) is 0 Å². The maximum absolute atomic E-state index is 10.9. The van der Waals surface area contributed by atoms with Crippen molar-refractivity contribution in [2.45, 2.75) is 13.5 Å². The summed E-state index contributed by atoms with van der Waals surface area (Å²) in [6, 6.07) is 9.75. The Bertz CT molecular complexity index is 246. The van der Waals surface area contributed by atoms with Crippen LogP contribution in [0.2, 0.25) is 0 Å². The van der Waals surface area contributed by atoms with Crippen molar-refractivity contribution in [3.05, 3.63) is 35.9 Å². The topological polar surface area (TPSA) is 26.3 Å². The van der Waals surface area contributed by atoms with Gasteiger partial charge in [0.25, 0.3) is 0 Å². The first-order chi connectivity index (χ1) is 5.83. The average Bonchev–Trinajstić information content (AvgIpc) is 2.16. The third-order valence-corrected chi connectivity index (χ3v) is 2.41. The molecule has 0 aliphatic rings. The molecule has 0 aromatic heterocycles. The second-order valence-electron chi connectivity index (χ2n) is 2.41. The van der Waals surface area contributed by atoms with Crippen molar-refractivity contribution in [1.29, 1.82) is 0 Å². The highest BCUT2D eigenvalue weighted by atomic mass is 31.1. The Hall–Kier alpha value is -0.720. The fourth-order valence-corrected chi connectivity index (χ4v) is 1.29. The number of benzene rings is 1. The van der Waals surface area contributed by atoms with Crippen LogP contribution in [0.15, 0.2) is 30.3 Å². The van der Waals surface area contributed by atoms with Crippen LogP contribution in [0.4, 0.5) is 0 Å². The Morgan fingerprint density at radius 2 is 2.00 bits per heavy atom. The molecule has 0 heterocycles. The van der Waals surface area contributed by atoms with Crippen molar-refractivity contribution in [1.82, 2.24) is 0 Å². The molecule has 0 amide bonds. The molecule has 0 spiro atoms. The zero-order valence-electron chi connectivity index (χ0n) is 7.06. The molecular weight excluding hydrogens is 171 g/mol. The predicted octanol–water partition coefficient (Wildman–Crippen LogP) is 2.97. The molecule has 0 saturated carbocycles. The second kappa shape index (κ2) is 5.02. The minimum absolute atomic E-state index is 0.448. The molecule has 0 fully saturated rings. The van der Waals surface area contributed by atoms with E-state index in [4.69, 9.17) is 4.52 Å². The minimum atomic E-state index is -1.45. The van der Waals surface area contributed by atoms with E-state index < -0.39 is 8.03 Å². The Kier molecular flexibility index (Phi) is 3.92.